The van der Waals surface area contributed by atoms with E-state index in [1.54, 1.807) is 12.4 Å². The molecule has 6 rings (SSSR count). The summed E-state index contributed by atoms with van der Waals surface area (Å²) in [4.78, 5) is 22.6. The molecule has 37 heavy (non-hydrogen) atoms. The molecule has 2 atom stereocenters. The fourth-order valence-electron chi connectivity index (χ4n) is 5.30. The van der Waals surface area contributed by atoms with Gasteiger partial charge in [-0.1, -0.05) is 0 Å². The first-order chi connectivity index (χ1) is 18.1. The van der Waals surface area contributed by atoms with Crippen LogP contribution in [0.4, 0.5) is 0 Å². The molecule has 2 aliphatic rings. The third kappa shape index (κ3) is 4.14. The number of hydrogen-bond donors (Lipinski definition) is 0. The van der Waals surface area contributed by atoms with E-state index in [-0.39, 0.29) is 12.6 Å². The normalized spacial score (nSPS) is 20.4. The molecule has 1 fully saturated rings. The first-order valence-corrected chi connectivity index (χ1v) is 15.7. The van der Waals surface area contributed by atoms with E-state index < -0.39 is 11.3 Å². The van der Waals surface area contributed by atoms with Crippen LogP contribution < -0.4 is 21.2 Å². The molecular formula is C27H28IN6O3-. The van der Waals surface area contributed by atoms with Gasteiger partial charge in [0, 0.05) is 24.5 Å². The van der Waals surface area contributed by atoms with Gasteiger partial charge in [-0.3, -0.25) is 4.98 Å². The molecule has 0 aliphatic carbocycles. The number of fused-ring (bicyclic) bond motifs is 1. The summed E-state index contributed by atoms with van der Waals surface area (Å²) in [5.41, 5.74) is 2.07. The first kappa shape index (κ1) is 24.2. The standard InChI is InChI=1S/C27H28IN6O3/c1-3-36-26(35)27(10-5-13-34-23(31-32-25(27)34)18-8-11-29-12-9-18)17(2)22-30-24(37-33-22)20-7-4-6-19(14-20)21-15-28-16-21/h4,6-9,11-12,14,17,21H,3,5,10,13,15-16H2,1-2H3/q-1. The van der Waals surface area contributed by atoms with Gasteiger partial charge in [-0.05, 0) is 19.1 Å². The number of halogens is 1. The van der Waals surface area contributed by atoms with Crippen molar-refractivity contribution in [3.63, 3.8) is 0 Å². The summed E-state index contributed by atoms with van der Waals surface area (Å²) < 4.78 is 16.1. The van der Waals surface area contributed by atoms with E-state index in [1.807, 2.05) is 36.6 Å². The maximum atomic E-state index is 13.7. The van der Waals surface area contributed by atoms with Crippen molar-refractivity contribution >= 4 is 5.97 Å². The van der Waals surface area contributed by atoms with Crippen molar-refractivity contribution in [3.8, 4) is 22.8 Å². The van der Waals surface area contributed by atoms with Crippen molar-refractivity contribution in [2.45, 2.75) is 50.5 Å². The molecule has 10 heteroatoms. The number of hydrogen-bond acceptors (Lipinski definition) is 8. The van der Waals surface area contributed by atoms with E-state index in [4.69, 9.17) is 14.2 Å². The topological polar surface area (TPSA) is 109 Å². The summed E-state index contributed by atoms with van der Waals surface area (Å²) in [6.07, 6.45) is 4.78. The zero-order valence-electron chi connectivity index (χ0n) is 20.8. The number of pyridine rings is 1. The number of esters is 1. The zero-order chi connectivity index (χ0) is 25.4. The number of nitrogens with zero attached hydrogens (tertiary/aromatic N) is 6. The summed E-state index contributed by atoms with van der Waals surface area (Å²) in [6, 6.07) is 12.2. The SMILES string of the molecule is CCOC(=O)C1(C(C)c2noc(-c3cccc(C4C[I-]C4)c3)n2)CCCn2c(-c3ccncc3)nnc21. The van der Waals surface area contributed by atoms with Gasteiger partial charge in [-0.25, -0.2) is 0 Å². The van der Waals surface area contributed by atoms with Gasteiger partial charge >= 0.3 is 160 Å². The van der Waals surface area contributed by atoms with E-state index in [2.05, 4.69) is 38.5 Å². The molecule has 4 aromatic rings. The van der Waals surface area contributed by atoms with E-state index in [1.165, 1.54) is 14.4 Å². The molecule has 1 aromatic carbocycles. The number of carbonyl (C=O) groups excluding carboxylic acids is 1. The summed E-state index contributed by atoms with van der Waals surface area (Å²) in [5.74, 6) is 2.11. The Kier molecular flexibility index (Phi) is 6.51. The Morgan fingerprint density at radius 1 is 1.22 bits per heavy atom. The predicted molar refractivity (Wildman–Crippen MR) is 131 cm³/mol. The molecule has 0 spiro atoms. The van der Waals surface area contributed by atoms with Crippen LogP contribution in [0.2, 0.25) is 0 Å². The fraction of sp³-hybridized carbons (Fsp3) is 0.407. The third-order valence-corrected chi connectivity index (χ3v) is 10.8. The van der Waals surface area contributed by atoms with Gasteiger partial charge in [0.1, 0.15) is 0 Å². The Morgan fingerprint density at radius 2 is 2.05 bits per heavy atom. The number of aromatic nitrogens is 6. The number of ether oxygens (including phenoxy) is 1. The second kappa shape index (κ2) is 9.96. The molecule has 3 aromatic heterocycles. The predicted octanol–water partition coefficient (Wildman–Crippen LogP) is 0.975. The van der Waals surface area contributed by atoms with Crippen LogP contribution in [0.25, 0.3) is 22.8 Å². The monoisotopic (exact) mass is 611 g/mol. The molecule has 192 valence electrons. The van der Waals surface area contributed by atoms with Crippen molar-refractivity contribution in [1.82, 2.24) is 29.9 Å². The van der Waals surface area contributed by atoms with E-state index in [9.17, 15) is 4.79 Å². The molecule has 2 unspecified atom stereocenters. The summed E-state index contributed by atoms with van der Waals surface area (Å²) in [7, 11) is 0. The second-order valence-electron chi connectivity index (χ2n) is 9.53. The molecule has 1 saturated heterocycles. The van der Waals surface area contributed by atoms with Crippen molar-refractivity contribution in [2.24, 2.45) is 0 Å². The Labute approximate surface area is 225 Å². The van der Waals surface area contributed by atoms with Crippen LogP contribution in [0.5, 0.6) is 0 Å². The van der Waals surface area contributed by atoms with Gasteiger partial charge < -0.3 is 0 Å². The van der Waals surface area contributed by atoms with Crippen LogP contribution >= 0.6 is 0 Å². The van der Waals surface area contributed by atoms with Gasteiger partial charge in [0.15, 0.2) is 5.82 Å². The maximum absolute atomic E-state index is 13.7. The average Bonchev–Trinajstić information content (AvgIpc) is 3.56. The minimum atomic E-state index is -1.08. The summed E-state index contributed by atoms with van der Waals surface area (Å²) in [6.45, 7) is 4.75. The molecule has 2 aliphatic heterocycles. The minimum absolute atomic E-state index is 0.270. The van der Waals surface area contributed by atoms with Gasteiger partial charge in [0.2, 0.25) is 0 Å². The molecule has 0 bridgehead atoms. The van der Waals surface area contributed by atoms with E-state index >= 15 is 0 Å². The van der Waals surface area contributed by atoms with Crippen molar-refractivity contribution in [1.29, 1.82) is 0 Å². The Bertz CT molecular complexity index is 1420. The van der Waals surface area contributed by atoms with Crippen LogP contribution in [-0.2, 0) is 21.5 Å². The van der Waals surface area contributed by atoms with Crippen LogP contribution in [0.1, 0.15) is 55.7 Å². The third-order valence-electron chi connectivity index (χ3n) is 7.44. The molecule has 0 amide bonds. The second-order valence-corrected chi connectivity index (χ2v) is 12.4. The molecular weight excluding hydrogens is 583 g/mol. The molecule has 0 radical (unpaired) electrons. The number of rotatable bonds is 7. The zero-order valence-corrected chi connectivity index (χ0v) is 23.0. The summed E-state index contributed by atoms with van der Waals surface area (Å²) in [5, 5.41) is 13.4. The molecule has 0 saturated carbocycles. The van der Waals surface area contributed by atoms with Gasteiger partial charge in [0.25, 0.3) is 0 Å². The Balaban J connectivity index is 1.39. The van der Waals surface area contributed by atoms with Crippen molar-refractivity contribution < 1.29 is 35.3 Å². The van der Waals surface area contributed by atoms with Crippen LogP contribution in [0.15, 0.2) is 53.3 Å². The van der Waals surface area contributed by atoms with E-state index in [0.717, 1.165) is 17.5 Å². The number of alkyl halides is 2. The van der Waals surface area contributed by atoms with E-state index in [0.29, 0.717) is 63.5 Å². The van der Waals surface area contributed by atoms with Crippen LogP contribution in [0.3, 0.4) is 0 Å². The van der Waals surface area contributed by atoms with Gasteiger partial charge in [-0.2, -0.15) is 0 Å². The molecule has 0 N–H and O–H groups in total. The Hall–Kier alpha value is -3.15. The Morgan fingerprint density at radius 3 is 2.81 bits per heavy atom. The first-order valence-electron chi connectivity index (χ1n) is 12.6. The number of benzene rings is 1. The van der Waals surface area contributed by atoms with Gasteiger partial charge in [-0.15, -0.1) is 5.10 Å². The van der Waals surface area contributed by atoms with Crippen molar-refractivity contribution in [2.75, 3.05) is 15.5 Å². The quantitative estimate of drug-likeness (QED) is 0.173. The van der Waals surface area contributed by atoms with Crippen molar-refractivity contribution in [3.05, 3.63) is 66.0 Å². The average molecular weight is 611 g/mol. The number of carbonyl (C=O) groups is 1. The van der Waals surface area contributed by atoms with Crippen LogP contribution in [0, 0.1) is 0 Å². The fourth-order valence-corrected chi connectivity index (χ4v) is 7.56. The van der Waals surface area contributed by atoms with Crippen LogP contribution in [-0.4, -0.2) is 51.3 Å². The molecule has 5 heterocycles. The van der Waals surface area contributed by atoms with Gasteiger partial charge in [0.05, 0.1) is 6.61 Å². The molecule has 9 nitrogen and oxygen atoms in total. The summed E-state index contributed by atoms with van der Waals surface area (Å²) >= 11 is 0.385.